The van der Waals surface area contributed by atoms with Gasteiger partial charge in [0.25, 0.3) is 0 Å². The lowest BCUT2D eigenvalue weighted by Crippen LogP contribution is -2.25. The second-order valence-electron chi connectivity index (χ2n) is 1.85. The molecule has 0 atom stereocenters. The number of nitrogens with one attached hydrogen (secondary N) is 1. The Bertz CT molecular complexity index is 257. The fourth-order valence-electron chi connectivity index (χ4n) is 0.546. The SMILES string of the molecule is O=C(O)C(F)(F)c1ccn[nH]1. The smallest absolute Gasteiger partial charge is 0.383 e. The maximum absolute atomic E-state index is 12.4. The maximum Gasteiger partial charge on any atom is 0.383 e. The molecule has 0 aliphatic rings. The Morgan fingerprint density at radius 2 is 2.36 bits per heavy atom. The lowest BCUT2D eigenvalue weighted by molar-refractivity contribution is -0.166. The highest BCUT2D eigenvalue weighted by Gasteiger charge is 2.42. The summed E-state index contributed by atoms with van der Waals surface area (Å²) >= 11 is 0. The van der Waals surface area contributed by atoms with Crippen LogP contribution in [0.3, 0.4) is 0 Å². The number of aromatic amines is 1. The van der Waals surface area contributed by atoms with Gasteiger partial charge in [-0.15, -0.1) is 0 Å². The van der Waals surface area contributed by atoms with E-state index in [9.17, 15) is 13.6 Å². The molecule has 0 saturated carbocycles. The van der Waals surface area contributed by atoms with Crippen LogP contribution in [0.25, 0.3) is 0 Å². The standard InChI is InChI=1S/C5H4F2N2O2/c6-5(7,4(10)11)3-1-2-8-9-3/h1-2H,(H,8,9)(H,10,11). The molecule has 0 fully saturated rings. The molecule has 0 unspecified atom stereocenters. The monoisotopic (exact) mass is 162 g/mol. The van der Waals surface area contributed by atoms with Gasteiger partial charge in [0.2, 0.25) is 0 Å². The molecule has 0 aliphatic carbocycles. The molecule has 60 valence electrons. The van der Waals surface area contributed by atoms with E-state index in [4.69, 9.17) is 5.11 Å². The minimum Gasteiger partial charge on any atom is -0.476 e. The number of rotatable bonds is 2. The zero-order valence-electron chi connectivity index (χ0n) is 5.21. The molecule has 0 spiro atoms. The summed E-state index contributed by atoms with van der Waals surface area (Å²) in [6.45, 7) is 0. The maximum atomic E-state index is 12.4. The fourth-order valence-corrected chi connectivity index (χ4v) is 0.546. The average Bonchev–Trinajstić information content (AvgIpc) is 2.37. The van der Waals surface area contributed by atoms with Gasteiger partial charge in [-0.3, -0.25) is 5.10 Å². The van der Waals surface area contributed by atoms with Crippen molar-refractivity contribution in [2.24, 2.45) is 0 Å². The number of hydrogen-bond donors (Lipinski definition) is 2. The molecular weight excluding hydrogens is 158 g/mol. The second kappa shape index (κ2) is 2.30. The highest BCUT2D eigenvalue weighted by molar-refractivity contribution is 5.76. The number of nitrogens with zero attached hydrogens (tertiary/aromatic N) is 1. The molecule has 4 nitrogen and oxygen atoms in total. The molecule has 11 heavy (non-hydrogen) atoms. The number of hydrogen-bond acceptors (Lipinski definition) is 2. The lowest BCUT2D eigenvalue weighted by atomic mass is 10.2. The van der Waals surface area contributed by atoms with Crippen molar-refractivity contribution in [3.63, 3.8) is 0 Å². The van der Waals surface area contributed by atoms with Gasteiger partial charge in [-0.2, -0.15) is 13.9 Å². The van der Waals surface area contributed by atoms with Crippen LogP contribution in [0.15, 0.2) is 12.3 Å². The number of halogens is 2. The van der Waals surface area contributed by atoms with Gasteiger partial charge in [0.15, 0.2) is 0 Å². The van der Waals surface area contributed by atoms with Gasteiger partial charge < -0.3 is 5.11 Å². The summed E-state index contributed by atoms with van der Waals surface area (Å²) in [6.07, 6.45) is 1.06. The van der Waals surface area contributed by atoms with Crippen molar-refractivity contribution < 1.29 is 18.7 Å². The predicted octanol–water partition coefficient (Wildman–Crippen LogP) is 0.586. The third-order valence-corrected chi connectivity index (χ3v) is 1.11. The number of carbonyl (C=O) groups is 1. The van der Waals surface area contributed by atoms with Gasteiger partial charge in [-0.05, 0) is 6.07 Å². The van der Waals surface area contributed by atoms with Crippen LogP contribution < -0.4 is 0 Å². The van der Waals surface area contributed by atoms with Crippen molar-refractivity contribution in [2.75, 3.05) is 0 Å². The molecule has 0 bridgehead atoms. The van der Waals surface area contributed by atoms with Gasteiger partial charge in [0.05, 0.1) is 0 Å². The van der Waals surface area contributed by atoms with E-state index in [1.807, 2.05) is 5.10 Å². The summed E-state index contributed by atoms with van der Waals surface area (Å²) in [7, 11) is 0. The molecule has 0 saturated heterocycles. The Hall–Kier alpha value is -1.46. The zero-order valence-corrected chi connectivity index (χ0v) is 5.21. The van der Waals surface area contributed by atoms with E-state index in [1.165, 1.54) is 0 Å². The summed E-state index contributed by atoms with van der Waals surface area (Å²) < 4.78 is 24.9. The van der Waals surface area contributed by atoms with Crippen molar-refractivity contribution in [1.29, 1.82) is 0 Å². The first-order valence-electron chi connectivity index (χ1n) is 2.66. The first kappa shape index (κ1) is 7.64. The van der Waals surface area contributed by atoms with E-state index in [-0.39, 0.29) is 0 Å². The van der Waals surface area contributed by atoms with Crippen LogP contribution in [0.1, 0.15) is 5.69 Å². The molecule has 0 aromatic carbocycles. The Balaban J connectivity index is 3.00. The third-order valence-electron chi connectivity index (χ3n) is 1.11. The molecule has 2 N–H and O–H groups in total. The largest absolute Gasteiger partial charge is 0.476 e. The molecule has 1 heterocycles. The first-order chi connectivity index (χ1) is 5.05. The van der Waals surface area contributed by atoms with E-state index in [1.54, 1.807) is 0 Å². The Kier molecular flexibility index (Phi) is 1.60. The summed E-state index contributed by atoms with van der Waals surface area (Å²) in [5.41, 5.74) is -0.718. The highest BCUT2D eigenvalue weighted by atomic mass is 19.3. The van der Waals surface area contributed by atoms with Gasteiger partial charge in [0.1, 0.15) is 5.69 Å². The summed E-state index contributed by atoms with van der Waals surface area (Å²) in [5, 5.41) is 13.1. The Morgan fingerprint density at radius 3 is 2.73 bits per heavy atom. The molecular formula is C5H4F2N2O2. The van der Waals surface area contributed by atoms with Gasteiger partial charge in [0, 0.05) is 6.20 Å². The molecule has 1 aromatic rings. The lowest BCUT2D eigenvalue weighted by Gasteiger charge is -2.06. The number of alkyl halides is 2. The van der Waals surface area contributed by atoms with Crippen LogP contribution in [0.2, 0.25) is 0 Å². The highest BCUT2D eigenvalue weighted by Crippen LogP contribution is 2.25. The average molecular weight is 162 g/mol. The van der Waals surface area contributed by atoms with Gasteiger partial charge in [-0.25, -0.2) is 4.79 Å². The summed E-state index contributed by atoms with van der Waals surface area (Å²) in [5.74, 6) is -6.07. The Labute approximate surface area is 59.8 Å². The molecule has 0 amide bonds. The third kappa shape index (κ3) is 1.19. The molecule has 1 aromatic heterocycles. The van der Waals surface area contributed by atoms with E-state index < -0.39 is 17.6 Å². The topological polar surface area (TPSA) is 66.0 Å². The van der Waals surface area contributed by atoms with E-state index in [0.29, 0.717) is 0 Å². The van der Waals surface area contributed by atoms with Gasteiger partial charge in [-0.1, -0.05) is 0 Å². The van der Waals surface area contributed by atoms with E-state index >= 15 is 0 Å². The van der Waals surface area contributed by atoms with Crippen LogP contribution in [-0.4, -0.2) is 21.3 Å². The first-order valence-corrected chi connectivity index (χ1v) is 2.66. The van der Waals surface area contributed by atoms with Crippen molar-refractivity contribution in [2.45, 2.75) is 5.92 Å². The van der Waals surface area contributed by atoms with Crippen molar-refractivity contribution >= 4 is 5.97 Å². The van der Waals surface area contributed by atoms with Crippen molar-refractivity contribution in [1.82, 2.24) is 10.2 Å². The van der Waals surface area contributed by atoms with Crippen LogP contribution in [0.5, 0.6) is 0 Å². The normalized spacial score (nSPS) is 11.5. The predicted molar refractivity (Wildman–Crippen MR) is 30.1 cm³/mol. The number of carboxylic acid groups (broad SMARTS) is 1. The quantitative estimate of drug-likeness (QED) is 0.668. The zero-order chi connectivity index (χ0) is 8.48. The van der Waals surface area contributed by atoms with Crippen LogP contribution in [0, 0.1) is 0 Å². The number of aliphatic carboxylic acids is 1. The van der Waals surface area contributed by atoms with Crippen molar-refractivity contribution in [3.05, 3.63) is 18.0 Å². The van der Waals surface area contributed by atoms with E-state index in [2.05, 4.69) is 5.10 Å². The minimum atomic E-state index is -3.88. The summed E-state index contributed by atoms with van der Waals surface area (Å²) in [4.78, 5) is 9.92. The van der Waals surface area contributed by atoms with Crippen LogP contribution in [-0.2, 0) is 10.7 Å². The molecule has 0 aliphatic heterocycles. The van der Waals surface area contributed by atoms with Crippen LogP contribution >= 0.6 is 0 Å². The summed E-state index contributed by atoms with van der Waals surface area (Å²) in [6, 6.07) is 0.911. The number of aromatic nitrogens is 2. The fraction of sp³-hybridized carbons (Fsp3) is 0.200. The second-order valence-corrected chi connectivity index (χ2v) is 1.85. The Morgan fingerprint density at radius 1 is 1.73 bits per heavy atom. The van der Waals surface area contributed by atoms with E-state index in [0.717, 1.165) is 12.3 Å². The number of carboxylic acids is 1. The van der Waals surface area contributed by atoms with Crippen LogP contribution in [0.4, 0.5) is 8.78 Å². The number of H-pyrrole nitrogens is 1. The molecule has 1 rings (SSSR count). The van der Waals surface area contributed by atoms with Gasteiger partial charge >= 0.3 is 11.9 Å². The molecule has 0 radical (unpaired) electrons. The minimum absolute atomic E-state index is 0.718. The molecule has 6 heteroatoms. The van der Waals surface area contributed by atoms with Crippen molar-refractivity contribution in [3.8, 4) is 0 Å².